The van der Waals surface area contributed by atoms with E-state index in [0.717, 1.165) is 42.8 Å². The predicted octanol–water partition coefficient (Wildman–Crippen LogP) is 3.61. The van der Waals surface area contributed by atoms with Crippen LogP contribution in [0.5, 0.6) is 5.75 Å². The van der Waals surface area contributed by atoms with E-state index in [1.54, 1.807) is 6.20 Å². The lowest BCUT2D eigenvalue weighted by molar-refractivity contribution is 0.0961. The highest BCUT2D eigenvalue weighted by molar-refractivity contribution is 5.71. The average Bonchev–Trinajstić information content (AvgIpc) is 2.78. The summed E-state index contributed by atoms with van der Waals surface area (Å²) in [5.41, 5.74) is 2.11. The summed E-state index contributed by atoms with van der Waals surface area (Å²) in [6.07, 6.45) is 5.10. The number of aromatic nitrogens is 4. The number of pyridine rings is 1. The summed E-state index contributed by atoms with van der Waals surface area (Å²) < 4.78 is 7.70. The molecule has 0 unspecified atom stereocenters. The van der Waals surface area contributed by atoms with E-state index in [1.807, 2.05) is 10.7 Å². The summed E-state index contributed by atoms with van der Waals surface area (Å²) in [5.74, 6) is 1.42. The van der Waals surface area contributed by atoms with Crippen molar-refractivity contribution >= 4 is 11.2 Å². The summed E-state index contributed by atoms with van der Waals surface area (Å²) in [4.78, 5) is 4.50. The van der Waals surface area contributed by atoms with Gasteiger partial charge in [-0.3, -0.25) is 0 Å². The number of ether oxygens (including phenoxy) is 1. The molecule has 114 valence electrons. The molecule has 5 heteroatoms. The maximum Gasteiger partial charge on any atom is 0.178 e. The summed E-state index contributed by atoms with van der Waals surface area (Å²) in [6, 6.07) is 2.38. The molecule has 2 aromatic rings. The Morgan fingerprint density at radius 3 is 2.81 bits per heavy atom. The van der Waals surface area contributed by atoms with E-state index in [-0.39, 0.29) is 0 Å². The first-order valence-corrected chi connectivity index (χ1v) is 7.78. The molecule has 1 aliphatic rings. The highest BCUT2D eigenvalue weighted by Gasteiger charge is 2.38. The highest BCUT2D eigenvalue weighted by Crippen LogP contribution is 2.47. The Kier molecular flexibility index (Phi) is 3.59. The molecule has 21 heavy (non-hydrogen) atoms. The molecule has 2 heterocycles. The lowest BCUT2D eigenvalue weighted by Gasteiger charge is -2.42. The standard InChI is InChI=1S/C16H24N4O/c1-11(2)5-6-21-13-7-14-15(17-10-13)20(19-18-14)12-8-16(3,4)9-12/h7,10-12H,5-6,8-9H2,1-4H3. The van der Waals surface area contributed by atoms with Crippen LogP contribution in [0.3, 0.4) is 0 Å². The zero-order chi connectivity index (χ0) is 15.0. The van der Waals surface area contributed by atoms with Gasteiger partial charge in [0.25, 0.3) is 0 Å². The van der Waals surface area contributed by atoms with Crippen molar-refractivity contribution in [3.63, 3.8) is 0 Å². The smallest absolute Gasteiger partial charge is 0.178 e. The maximum absolute atomic E-state index is 5.73. The second kappa shape index (κ2) is 5.28. The summed E-state index contributed by atoms with van der Waals surface area (Å²) in [5, 5.41) is 8.52. The van der Waals surface area contributed by atoms with Crippen molar-refractivity contribution in [2.24, 2.45) is 11.3 Å². The van der Waals surface area contributed by atoms with Gasteiger partial charge in [-0.25, -0.2) is 9.67 Å². The third-order valence-electron chi connectivity index (χ3n) is 4.17. The van der Waals surface area contributed by atoms with E-state index in [9.17, 15) is 0 Å². The zero-order valence-electron chi connectivity index (χ0n) is 13.3. The lowest BCUT2D eigenvalue weighted by Crippen LogP contribution is -2.34. The van der Waals surface area contributed by atoms with Gasteiger partial charge in [-0.2, -0.15) is 0 Å². The topological polar surface area (TPSA) is 52.8 Å². The largest absolute Gasteiger partial charge is 0.492 e. The fourth-order valence-electron chi connectivity index (χ4n) is 2.94. The summed E-state index contributed by atoms with van der Waals surface area (Å²) in [7, 11) is 0. The molecule has 5 nitrogen and oxygen atoms in total. The molecule has 3 rings (SSSR count). The van der Waals surface area contributed by atoms with E-state index in [4.69, 9.17) is 4.74 Å². The molecule has 2 aromatic heterocycles. The minimum Gasteiger partial charge on any atom is -0.492 e. The molecule has 0 atom stereocenters. The normalized spacial score (nSPS) is 18.1. The quantitative estimate of drug-likeness (QED) is 0.843. The summed E-state index contributed by atoms with van der Waals surface area (Å²) >= 11 is 0. The fraction of sp³-hybridized carbons (Fsp3) is 0.688. The van der Waals surface area contributed by atoms with Gasteiger partial charge in [-0.05, 0) is 30.6 Å². The molecular weight excluding hydrogens is 264 g/mol. The Bertz CT molecular complexity index is 624. The van der Waals surface area contributed by atoms with E-state index in [0.29, 0.717) is 17.4 Å². The molecule has 1 saturated carbocycles. The van der Waals surface area contributed by atoms with Gasteiger partial charge < -0.3 is 4.74 Å². The van der Waals surface area contributed by atoms with Crippen LogP contribution in [-0.4, -0.2) is 26.6 Å². The van der Waals surface area contributed by atoms with Crippen molar-refractivity contribution in [2.75, 3.05) is 6.61 Å². The second-order valence-corrected chi connectivity index (χ2v) is 7.31. The van der Waals surface area contributed by atoms with Gasteiger partial charge in [-0.1, -0.05) is 32.9 Å². The van der Waals surface area contributed by atoms with Crippen molar-refractivity contribution in [2.45, 2.75) is 53.0 Å². The minimum absolute atomic E-state index is 0.419. The molecule has 0 N–H and O–H groups in total. The van der Waals surface area contributed by atoms with Crippen molar-refractivity contribution in [1.29, 1.82) is 0 Å². The van der Waals surface area contributed by atoms with E-state index >= 15 is 0 Å². The van der Waals surface area contributed by atoms with Gasteiger partial charge >= 0.3 is 0 Å². The highest BCUT2D eigenvalue weighted by atomic mass is 16.5. The van der Waals surface area contributed by atoms with Crippen LogP contribution in [0.15, 0.2) is 12.3 Å². The zero-order valence-corrected chi connectivity index (χ0v) is 13.3. The van der Waals surface area contributed by atoms with Crippen molar-refractivity contribution in [1.82, 2.24) is 20.0 Å². The first-order valence-electron chi connectivity index (χ1n) is 7.78. The third-order valence-corrected chi connectivity index (χ3v) is 4.17. The average molecular weight is 288 g/mol. The van der Waals surface area contributed by atoms with Crippen LogP contribution in [0.25, 0.3) is 11.2 Å². The van der Waals surface area contributed by atoms with Crippen LogP contribution in [0.4, 0.5) is 0 Å². The molecule has 0 bridgehead atoms. The Hall–Kier alpha value is -1.65. The van der Waals surface area contributed by atoms with Crippen LogP contribution >= 0.6 is 0 Å². The van der Waals surface area contributed by atoms with Crippen molar-refractivity contribution < 1.29 is 4.74 Å². The first-order chi connectivity index (χ1) is 9.94. The molecule has 1 aliphatic carbocycles. The lowest BCUT2D eigenvalue weighted by atomic mass is 9.68. The van der Waals surface area contributed by atoms with Crippen LogP contribution in [0, 0.1) is 11.3 Å². The van der Waals surface area contributed by atoms with Crippen LogP contribution < -0.4 is 4.74 Å². The second-order valence-electron chi connectivity index (χ2n) is 7.31. The van der Waals surface area contributed by atoms with Crippen molar-refractivity contribution in [3.05, 3.63) is 12.3 Å². The number of fused-ring (bicyclic) bond motifs is 1. The monoisotopic (exact) mass is 288 g/mol. The first kappa shape index (κ1) is 14.3. The molecular formula is C16H24N4O. The molecule has 1 fully saturated rings. The van der Waals surface area contributed by atoms with E-state index in [2.05, 4.69) is 43.0 Å². The Morgan fingerprint density at radius 1 is 1.38 bits per heavy atom. The van der Waals surface area contributed by atoms with Gasteiger partial charge in [0.2, 0.25) is 0 Å². The Morgan fingerprint density at radius 2 is 2.14 bits per heavy atom. The molecule has 0 amide bonds. The molecule has 0 radical (unpaired) electrons. The van der Waals surface area contributed by atoms with Gasteiger partial charge in [0.05, 0.1) is 18.8 Å². The van der Waals surface area contributed by atoms with Crippen LogP contribution in [0.2, 0.25) is 0 Å². The van der Waals surface area contributed by atoms with Crippen LogP contribution in [0.1, 0.15) is 53.0 Å². The minimum atomic E-state index is 0.419. The molecule has 0 aromatic carbocycles. The predicted molar refractivity (Wildman–Crippen MR) is 82.3 cm³/mol. The maximum atomic E-state index is 5.73. The SMILES string of the molecule is CC(C)CCOc1cnc2c(c1)nnn2C1CC(C)(C)C1. The van der Waals surface area contributed by atoms with E-state index < -0.39 is 0 Å². The van der Waals surface area contributed by atoms with Crippen LogP contribution in [-0.2, 0) is 0 Å². The number of hydrogen-bond acceptors (Lipinski definition) is 4. The fourth-order valence-corrected chi connectivity index (χ4v) is 2.94. The third kappa shape index (κ3) is 3.01. The number of nitrogens with zero attached hydrogens (tertiary/aromatic N) is 4. The van der Waals surface area contributed by atoms with Gasteiger partial charge in [0.15, 0.2) is 5.65 Å². The molecule has 0 aliphatic heterocycles. The number of rotatable bonds is 5. The summed E-state index contributed by atoms with van der Waals surface area (Å²) in [6.45, 7) is 9.68. The van der Waals surface area contributed by atoms with Gasteiger partial charge in [-0.15, -0.1) is 5.10 Å². The van der Waals surface area contributed by atoms with Gasteiger partial charge in [0, 0.05) is 6.07 Å². The number of hydrogen-bond donors (Lipinski definition) is 0. The Balaban J connectivity index is 1.72. The Labute approximate surface area is 125 Å². The van der Waals surface area contributed by atoms with Crippen molar-refractivity contribution in [3.8, 4) is 5.75 Å². The molecule has 0 spiro atoms. The van der Waals surface area contributed by atoms with E-state index in [1.165, 1.54) is 0 Å². The van der Waals surface area contributed by atoms with Gasteiger partial charge in [0.1, 0.15) is 11.3 Å². The molecule has 0 saturated heterocycles.